The summed E-state index contributed by atoms with van der Waals surface area (Å²) in [6.07, 6.45) is -4.57. The third-order valence-corrected chi connectivity index (χ3v) is 3.37. The summed E-state index contributed by atoms with van der Waals surface area (Å²) in [5.41, 5.74) is 4.63. The van der Waals surface area contributed by atoms with Crippen LogP contribution in [0, 0.1) is 3.57 Å². The first-order valence-electron chi connectivity index (χ1n) is 4.34. The maximum absolute atomic E-state index is 12.0. The molecule has 0 atom stereocenters. The molecule has 1 rings (SSSR count). The quantitative estimate of drug-likeness (QED) is 0.609. The Bertz CT molecular complexity index is 493. The van der Waals surface area contributed by atoms with Crippen molar-refractivity contribution in [2.24, 2.45) is 0 Å². The molecule has 0 aromatic heterocycles. The molecule has 0 fully saturated rings. The molecular formula is C9H6ClF3INO3. The van der Waals surface area contributed by atoms with Crippen molar-refractivity contribution in [2.75, 3.05) is 12.3 Å². The predicted molar refractivity (Wildman–Crippen MR) is 67.1 cm³/mol. The second-order valence-electron chi connectivity index (χ2n) is 3.17. The molecule has 9 heteroatoms. The number of carboxylic acids is 1. The van der Waals surface area contributed by atoms with Crippen molar-refractivity contribution in [3.05, 3.63) is 20.2 Å². The average Bonchev–Trinajstić information content (AvgIpc) is 2.21. The number of nitrogen functional groups attached to an aromatic ring is 1. The summed E-state index contributed by atoms with van der Waals surface area (Å²) >= 11 is 7.41. The Labute approximate surface area is 118 Å². The van der Waals surface area contributed by atoms with Crippen LogP contribution in [-0.4, -0.2) is 23.9 Å². The first-order chi connectivity index (χ1) is 8.13. The Morgan fingerprint density at radius 3 is 2.56 bits per heavy atom. The minimum atomic E-state index is -4.57. The highest BCUT2D eigenvalue weighted by molar-refractivity contribution is 14.1. The zero-order valence-electron chi connectivity index (χ0n) is 8.52. The van der Waals surface area contributed by atoms with Crippen LogP contribution in [0.4, 0.5) is 18.9 Å². The standard InChI is InChI=1S/C9H6ClF3INO3/c10-5-4(14)1-3(8(16)17)6(15)7(5)18-2-9(11,12)13/h1H,2,15H2,(H,16,17). The largest absolute Gasteiger partial charge is 0.480 e. The van der Waals surface area contributed by atoms with E-state index in [2.05, 4.69) is 4.74 Å². The van der Waals surface area contributed by atoms with Crippen LogP contribution in [0.1, 0.15) is 10.4 Å². The number of ether oxygens (including phenoxy) is 1. The molecular weight excluding hydrogens is 389 g/mol. The molecule has 1 aromatic rings. The highest BCUT2D eigenvalue weighted by Gasteiger charge is 2.30. The smallest absolute Gasteiger partial charge is 0.422 e. The molecule has 0 spiro atoms. The summed E-state index contributed by atoms with van der Waals surface area (Å²) in [6, 6.07) is 1.15. The van der Waals surface area contributed by atoms with Crippen molar-refractivity contribution >= 4 is 45.8 Å². The summed E-state index contributed by atoms with van der Waals surface area (Å²) in [5, 5.41) is 8.68. The van der Waals surface area contributed by atoms with Gasteiger partial charge in [0.05, 0.1) is 16.3 Å². The number of alkyl halides is 3. The van der Waals surface area contributed by atoms with E-state index >= 15 is 0 Å². The Morgan fingerprint density at radius 1 is 1.56 bits per heavy atom. The maximum atomic E-state index is 12.0. The van der Waals surface area contributed by atoms with Crippen LogP contribution < -0.4 is 10.5 Å². The molecule has 0 amide bonds. The van der Waals surface area contributed by atoms with E-state index in [4.69, 9.17) is 22.4 Å². The lowest BCUT2D eigenvalue weighted by Crippen LogP contribution is -2.20. The van der Waals surface area contributed by atoms with Crippen molar-refractivity contribution in [3.63, 3.8) is 0 Å². The van der Waals surface area contributed by atoms with Gasteiger partial charge in [0, 0.05) is 3.57 Å². The van der Waals surface area contributed by atoms with Crippen molar-refractivity contribution in [2.45, 2.75) is 6.18 Å². The van der Waals surface area contributed by atoms with Gasteiger partial charge in [-0.05, 0) is 28.7 Å². The molecule has 0 aliphatic heterocycles. The van der Waals surface area contributed by atoms with E-state index in [9.17, 15) is 18.0 Å². The molecule has 0 saturated heterocycles. The number of carboxylic acid groups (broad SMARTS) is 1. The maximum Gasteiger partial charge on any atom is 0.422 e. The monoisotopic (exact) mass is 395 g/mol. The second-order valence-corrected chi connectivity index (χ2v) is 4.71. The number of anilines is 1. The summed E-state index contributed by atoms with van der Waals surface area (Å²) in [5.74, 6) is -1.85. The number of hydrogen-bond acceptors (Lipinski definition) is 3. The first kappa shape index (κ1) is 15.2. The van der Waals surface area contributed by atoms with Crippen molar-refractivity contribution in [3.8, 4) is 5.75 Å². The fourth-order valence-corrected chi connectivity index (χ4v) is 1.86. The molecule has 0 heterocycles. The van der Waals surface area contributed by atoms with Crippen molar-refractivity contribution in [1.82, 2.24) is 0 Å². The van der Waals surface area contributed by atoms with Crippen LogP contribution in [0.25, 0.3) is 0 Å². The Hall–Kier alpha value is -0.900. The Kier molecular flexibility index (Phi) is 4.54. The summed E-state index contributed by atoms with van der Waals surface area (Å²) in [7, 11) is 0. The lowest BCUT2D eigenvalue weighted by Gasteiger charge is -2.15. The van der Waals surface area contributed by atoms with Gasteiger partial charge in [0.2, 0.25) is 0 Å². The van der Waals surface area contributed by atoms with E-state index in [1.165, 1.54) is 0 Å². The van der Waals surface area contributed by atoms with Gasteiger partial charge in [-0.3, -0.25) is 0 Å². The minimum absolute atomic E-state index is 0.151. The van der Waals surface area contributed by atoms with Gasteiger partial charge in [-0.25, -0.2) is 4.79 Å². The van der Waals surface area contributed by atoms with Gasteiger partial charge >= 0.3 is 12.1 Å². The summed E-state index contributed by atoms with van der Waals surface area (Å²) in [4.78, 5) is 10.8. The highest BCUT2D eigenvalue weighted by atomic mass is 127. The van der Waals surface area contributed by atoms with Crippen LogP contribution in [0.2, 0.25) is 5.02 Å². The number of hydrogen-bond donors (Lipinski definition) is 2. The van der Waals surface area contributed by atoms with Crippen LogP contribution in [-0.2, 0) is 0 Å². The molecule has 0 unspecified atom stereocenters. The van der Waals surface area contributed by atoms with Gasteiger partial charge in [0.1, 0.15) is 0 Å². The normalized spacial score (nSPS) is 11.4. The topological polar surface area (TPSA) is 72.6 Å². The lowest BCUT2D eigenvalue weighted by atomic mass is 10.1. The first-order valence-corrected chi connectivity index (χ1v) is 5.79. The molecule has 4 nitrogen and oxygen atoms in total. The van der Waals surface area contributed by atoms with Crippen molar-refractivity contribution < 1.29 is 27.8 Å². The SMILES string of the molecule is Nc1c(C(=O)O)cc(I)c(Cl)c1OCC(F)(F)F. The molecule has 0 aliphatic carbocycles. The molecule has 0 bridgehead atoms. The van der Waals surface area contributed by atoms with Gasteiger partial charge in [-0.2, -0.15) is 13.2 Å². The number of rotatable bonds is 3. The predicted octanol–water partition coefficient (Wildman–Crippen LogP) is 3.17. The number of halogens is 5. The van der Waals surface area contributed by atoms with E-state index in [-0.39, 0.29) is 14.2 Å². The van der Waals surface area contributed by atoms with Crippen LogP contribution >= 0.6 is 34.2 Å². The van der Waals surface area contributed by atoms with E-state index in [1.807, 2.05) is 0 Å². The molecule has 100 valence electrons. The third-order valence-electron chi connectivity index (χ3n) is 1.83. The number of carbonyl (C=O) groups is 1. The Balaban J connectivity index is 3.21. The van der Waals surface area contributed by atoms with E-state index in [1.54, 1.807) is 22.6 Å². The zero-order chi connectivity index (χ0) is 14.1. The molecule has 0 saturated carbocycles. The number of nitrogens with two attached hydrogens (primary N) is 1. The fourth-order valence-electron chi connectivity index (χ4n) is 1.09. The molecule has 18 heavy (non-hydrogen) atoms. The second kappa shape index (κ2) is 5.39. The zero-order valence-corrected chi connectivity index (χ0v) is 11.4. The molecule has 0 radical (unpaired) electrons. The van der Waals surface area contributed by atoms with Gasteiger partial charge in [-0.1, -0.05) is 11.6 Å². The minimum Gasteiger partial charge on any atom is -0.480 e. The fraction of sp³-hybridized carbons (Fsp3) is 0.222. The Morgan fingerprint density at radius 2 is 2.11 bits per heavy atom. The van der Waals surface area contributed by atoms with Gasteiger partial charge < -0.3 is 15.6 Å². The van der Waals surface area contributed by atoms with Gasteiger partial charge in [-0.15, -0.1) is 0 Å². The van der Waals surface area contributed by atoms with Gasteiger partial charge in [0.25, 0.3) is 0 Å². The van der Waals surface area contributed by atoms with Crippen molar-refractivity contribution in [1.29, 1.82) is 0 Å². The van der Waals surface area contributed by atoms with E-state index in [0.717, 1.165) is 6.07 Å². The lowest BCUT2D eigenvalue weighted by molar-refractivity contribution is -0.153. The van der Waals surface area contributed by atoms with Crippen LogP contribution in [0.3, 0.4) is 0 Å². The van der Waals surface area contributed by atoms with Crippen LogP contribution in [0.15, 0.2) is 6.07 Å². The molecule has 1 aromatic carbocycles. The van der Waals surface area contributed by atoms with E-state index < -0.39 is 30.2 Å². The number of benzene rings is 1. The average molecular weight is 396 g/mol. The summed E-state index contributed by atoms with van der Waals surface area (Å²) < 4.78 is 40.8. The van der Waals surface area contributed by atoms with E-state index in [0.29, 0.717) is 0 Å². The molecule has 0 aliphatic rings. The molecule has 3 N–H and O–H groups in total. The van der Waals surface area contributed by atoms with Crippen LogP contribution in [0.5, 0.6) is 5.75 Å². The van der Waals surface area contributed by atoms with Gasteiger partial charge in [0.15, 0.2) is 12.4 Å². The third kappa shape index (κ3) is 3.55. The summed E-state index contributed by atoms with van der Waals surface area (Å²) in [6.45, 7) is -1.60. The highest BCUT2D eigenvalue weighted by Crippen LogP contribution is 2.38. The number of aromatic carboxylic acids is 1.